The zero-order chi connectivity index (χ0) is 24.3. The second-order valence-corrected chi connectivity index (χ2v) is 10.1. The average Bonchev–Trinajstić information content (AvgIpc) is 3.17. The van der Waals surface area contributed by atoms with Crippen molar-refractivity contribution in [2.24, 2.45) is 0 Å². The predicted octanol–water partition coefficient (Wildman–Crippen LogP) is 2.17. The van der Waals surface area contributed by atoms with Crippen LogP contribution in [0.4, 0.5) is 5.69 Å². The first-order valence-electron chi connectivity index (χ1n) is 11.2. The molecule has 2 aliphatic rings. The molecule has 0 aliphatic carbocycles. The van der Waals surface area contributed by atoms with E-state index in [0.29, 0.717) is 30.9 Å². The van der Waals surface area contributed by atoms with Crippen molar-refractivity contribution in [1.29, 1.82) is 0 Å². The number of hydrogen-bond acceptors (Lipinski definition) is 6. The molecule has 0 aromatic heterocycles. The number of carbonyl (C=O) groups is 3. The van der Waals surface area contributed by atoms with Gasteiger partial charge in [0.1, 0.15) is 0 Å². The summed E-state index contributed by atoms with van der Waals surface area (Å²) in [6, 6.07) is 11.6. The number of morpholine rings is 1. The number of benzene rings is 2. The summed E-state index contributed by atoms with van der Waals surface area (Å²) in [4.78, 5) is 37.9. The normalized spacial score (nSPS) is 17.3. The number of sulfonamides is 1. The van der Waals surface area contributed by atoms with E-state index in [1.807, 2.05) is 6.92 Å². The van der Waals surface area contributed by atoms with Gasteiger partial charge in [-0.1, -0.05) is 25.1 Å². The number of likely N-dealkylation sites (tertiary alicyclic amines) is 1. The smallest absolute Gasteiger partial charge is 0.255 e. The molecule has 2 saturated heterocycles. The number of anilines is 1. The van der Waals surface area contributed by atoms with Gasteiger partial charge in [-0.3, -0.25) is 19.3 Å². The summed E-state index contributed by atoms with van der Waals surface area (Å²) in [5, 5.41) is 2.78. The van der Waals surface area contributed by atoms with Crippen molar-refractivity contribution in [3.63, 3.8) is 0 Å². The van der Waals surface area contributed by atoms with Crippen LogP contribution in [0.25, 0.3) is 0 Å². The van der Waals surface area contributed by atoms with Gasteiger partial charge in [0.05, 0.1) is 24.7 Å². The van der Waals surface area contributed by atoms with Crippen molar-refractivity contribution < 1.29 is 27.5 Å². The molecule has 0 saturated carbocycles. The number of rotatable bonds is 7. The molecule has 4 rings (SSSR count). The maximum absolute atomic E-state index is 13.2. The second-order valence-electron chi connectivity index (χ2n) is 8.22. The molecule has 3 amide bonds. The quantitative estimate of drug-likeness (QED) is 0.602. The number of ether oxygens (including phenoxy) is 1. The average molecular weight is 486 g/mol. The molecule has 1 N–H and O–H groups in total. The van der Waals surface area contributed by atoms with Crippen LogP contribution in [0.3, 0.4) is 0 Å². The summed E-state index contributed by atoms with van der Waals surface area (Å²) in [7, 11) is -3.75. The van der Waals surface area contributed by atoms with Gasteiger partial charge in [0.25, 0.3) is 5.91 Å². The van der Waals surface area contributed by atoms with Crippen molar-refractivity contribution in [2.75, 3.05) is 31.6 Å². The molecule has 2 aliphatic heterocycles. The molecular formula is C24H27N3O6S. The van der Waals surface area contributed by atoms with Crippen LogP contribution in [0.2, 0.25) is 0 Å². The Labute approximate surface area is 198 Å². The molecule has 0 spiro atoms. The van der Waals surface area contributed by atoms with Crippen LogP contribution < -0.4 is 5.32 Å². The zero-order valence-corrected chi connectivity index (χ0v) is 19.8. The zero-order valence-electron chi connectivity index (χ0n) is 19.0. The summed E-state index contributed by atoms with van der Waals surface area (Å²) in [6.07, 6.45) is 1.00. The summed E-state index contributed by atoms with van der Waals surface area (Å²) in [6.45, 7) is 3.32. The van der Waals surface area contributed by atoms with Crippen molar-refractivity contribution in [2.45, 2.75) is 37.6 Å². The fraction of sp³-hybridized carbons (Fsp3) is 0.375. The summed E-state index contributed by atoms with van der Waals surface area (Å²) < 4.78 is 33.1. The highest BCUT2D eigenvalue weighted by atomic mass is 32.2. The largest absolute Gasteiger partial charge is 0.379 e. The van der Waals surface area contributed by atoms with Crippen LogP contribution in [0.15, 0.2) is 47.4 Å². The number of nitrogens with zero attached hydrogens (tertiary/aromatic N) is 2. The highest BCUT2D eigenvalue weighted by Gasteiger charge is 2.30. The van der Waals surface area contributed by atoms with E-state index in [0.717, 1.165) is 5.56 Å². The fourth-order valence-electron chi connectivity index (χ4n) is 4.03. The van der Waals surface area contributed by atoms with E-state index in [1.165, 1.54) is 15.3 Å². The molecule has 0 bridgehead atoms. The van der Waals surface area contributed by atoms with E-state index >= 15 is 0 Å². The molecule has 0 atom stereocenters. The topological polar surface area (TPSA) is 113 Å². The number of hydrogen-bond donors (Lipinski definition) is 1. The van der Waals surface area contributed by atoms with Crippen molar-refractivity contribution in [3.8, 4) is 0 Å². The first-order chi connectivity index (χ1) is 16.3. The molecule has 0 unspecified atom stereocenters. The molecule has 2 aromatic carbocycles. The Bertz CT molecular complexity index is 1190. The van der Waals surface area contributed by atoms with Gasteiger partial charge in [0.2, 0.25) is 21.8 Å². The van der Waals surface area contributed by atoms with E-state index in [1.54, 1.807) is 36.4 Å². The monoisotopic (exact) mass is 485 g/mol. The number of aryl methyl sites for hydroxylation is 1. The first kappa shape index (κ1) is 24.1. The lowest BCUT2D eigenvalue weighted by atomic mass is 10.1. The Morgan fingerprint density at radius 3 is 2.26 bits per heavy atom. The van der Waals surface area contributed by atoms with Gasteiger partial charge >= 0.3 is 0 Å². The van der Waals surface area contributed by atoms with E-state index in [4.69, 9.17) is 4.74 Å². The minimum absolute atomic E-state index is 0.139. The molecule has 2 heterocycles. The van der Waals surface area contributed by atoms with Gasteiger partial charge in [-0.15, -0.1) is 0 Å². The Morgan fingerprint density at radius 1 is 1.00 bits per heavy atom. The lowest BCUT2D eigenvalue weighted by Gasteiger charge is -2.27. The maximum Gasteiger partial charge on any atom is 0.255 e. The predicted molar refractivity (Wildman–Crippen MR) is 125 cm³/mol. The number of imide groups is 1. The van der Waals surface area contributed by atoms with Crippen LogP contribution >= 0.6 is 0 Å². The third kappa shape index (κ3) is 5.03. The minimum atomic E-state index is -3.75. The van der Waals surface area contributed by atoms with Crippen molar-refractivity contribution >= 4 is 33.4 Å². The highest BCUT2D eigenvalue weighted by Crippen LogP contribution is 2.24. The third-order valence-electron chi connectivity index (χ3n) is 6.01. The van der Waals surface area contributed by atoms with E-state index in [2.05, 4.69) is 5.32 Å². The van der Waals surface area contributed by atoms with Crippen LogP contribution in [0, 0.1) is 0 Å². The van der Waals surface area contributed by atoms with Crippen LogP contribution in [-0.4, -0.2) is 61.6 Å². The minimum Gasteiger partial charge on any atom is -0.379 e. The lowest BCUT2D eigenvalue weighted by Crippen LogP contribution is -2.41. The van der Waals surface area contributed by atoms with Gasteiger partial charge < -0.3 is 10.1 Å². The van der Waals surface area contributed by atoms with Gasteiger partial charge in [-0.05, 0) is 41.8 Å². The van der Waals surface area contributed by atoms with E-state index in [9.17, 15) is 22.8 Å². The van der Waals surface area contributed by atoms with Crippen LogP contribution in [0.5, 0.6) is 0 Å². The highest BCUT2D eigenvalue weighted by molar-refractivity contribution is 7.89. The second kappa shape index (κ2) is 10.0. The Morgan fingerprint density at radius 2 is 1.65 bits per heavy atom. The molecule has 2 aromatic rings. The van der Waals surface area contributed by atoms with Crippen molar-refractivity contribution in [3.05, 3.63) is 59.2 Å². The SMILES string of the molecule is CCc1ccc(C(=O)Nc2ccc(CN3C(=O)CCC3=O)cc2)cc1S(=O)(=O)N1CCOCC1. The summed E-state index contributed by atoms with van der Waals surface area (Å²) in [5.74, 6) is -0.791. The Balaban J connectivity index is 1.49. The molecule has 2 fully saturated rings. The summed E-state index contributed by atoms with van der Waals surface area (Å²) in [5.41, 5.74) is 2.18. The molecule has 180 valence electrons. The van der Waals surface area contributed by atoms with E-state index in [-0.39, 0.29) is 54.7 Å². The number of amides is 3. The fourth-order valence-corrected chi connectivity index (χ4v) is 5.76. The number of nitrogens with one attached hydrogen (secondary N) is 1. The molecule has 9 nitrogen and oxygen atoms in total. The third-order valence-corrected chi connectivity index (χ3v) is 7.99. The standard InChI is InChI=1S/C24H27N3O6S/c1-2-18-5-6-19(15-21(18)34(31,32)26-11-13-33-14-12-26)24(30)25-20-7-3-17(4-8-20)16-27-22(28)9-10-23(27)29/h3-8,15H,2,9-14,16H2,1H3,(H,25,30). The first-order valence-corrected chi connectivity index (χ1v) is 12.7. The van der Waals surface area contributed by atoms with Gasteiger partial charge in [-0.25, -0.2) is 8.42 Å². The van der Waals surface area contributed by atoms with Gasteiger partial charge in [0.15, 0.2) is 0 Å². The van der Waals surface area contributed by atoms with Crippen LogP contribution in [-0.2, 0) is 37.3 Å². The Hall–Kier alpha value is -3.08. The molecule has 0 radical (unpaired) electrons. The molecule has 10 heteroatoms. The molecular weight excluding hydrogens is 458 g/mol. The van der Waals surface area contributed by atoms with Gasteiger partial charge in [-0.2, -0.15) is 4.31 Å². The van der Waals surface area contributed by atoms with E-state index < -0.39 is 15.9 Å². The lowest BCUT2D eigenvalue weighted by molar-refractivity contribution is -0.139. The number of carbonyl (C=O) groups excluding carboxylic acids is 3. The maximum atomic E-state index is 13.2. The van der Waals surface area contributed by atoms with Crippen molar-refractivity contribution in [1.82, 2.24) is 9.21 Å². The summed E-state index contributed by atoms with van der Waals surface area (Å²) >= 11 is 0. The molecule has 34 heavy (non-hydrogen) atoms. The van der Waals surface area contributed by atoms with Gasteiger partial charge in [0, 0.05) is 37.2 Å². The van der Waals surface area contributed by atoms with Crippen LogP contribution in [0.1, 0.15) is 41.3 Å². The Kier molecular flexibility index (Phi) is 7.11.